The Morgan fingerprint density at radius 3 is 2.59 bits per heavy atom. The van der Waals surface area contributed by atoms with Crippen molar-refractivity contribution in [3.63, 3.8) is 0 Å². The molecule has 0 aliphatic carbocycles. The molecule has 0 bridgehead atoms. The van der Waals surface area contributed by atoms with Gasteiger partial charge in [-0.25, -0.2) is 4.57 Å². The summed E-state index contributed by atoms with van der Waals surface area (Å²) in [5.41, 5.74) is 4.80. The normalized spacial score (nSPS) is 15.2. The van der Waals surface area contributed by atoms with Crippen LogP contribution in [0.2, 0.25) is 0 Å². The van der Waals surface area contributed by atoms with Gasteiger partial charge in [-0.1, -0.05) is 6.42 Å². The van der Waals surface area contributed by atoms with Crippen LogP contribution in [-0.2, 0) is 6.54 Å². The van der Waals surface area contributed by atoms with Crippen molar-refractivity contribution >= 4 is 32.6 Å². The van der Waals surface area contributed by atoms with E-state index in [1.54, 1.807) is 6.07 Å². The second kappa shape index (κ2) is 7.85. The van der Waals surface area contributed by atoms with Crippen molar-refractivity contribution in [1.29, 1.82) is 0 Å². The van der Waals surface area contributed by atoms with E-state index in [-0.39, 0.29) is 12.4 Å². The predicted octanol–water partition coefficient (Wildman–Crippen LogP) is 1.57. The van der Waals surface area contributed by atoms with Crippen molar-refractivity contribution in [2.75, 3.05) is 19.6 Å². The summed E-state index contributed by atoms with van der Waals surface area (Å²) in [5.74, 6) is 0.315. The molecular weight excluding hydrogens is 382 g/mol. The lowest BCUT2D eigenvalue weighted by molar-refractivity contribution is -0.695. The second-order valence-electron chi connectivity index (χ2n) is 8.27. The van der Waals surface area contributed by atoms with Gasteiger partial charge in [0.05, 0.1) is 12.1 Å². The summed E-state index contributed by atoms with van der Waals surface area (Å²) in [5, 5.41) is 14.9. The molecule has 4 nitrogen and oxygen atoms in total. The van der Waals surface area contributed by atoms with E-state index in [2.05, 4.69) is 46.8 Å². The topological polar surface area (TPSA) is 43.1 Å². The third kappa shape index (κ3) is 3.45. The summed E-state index contributed by atoms with van der Waals surface area (Å²) in [7, 11) is 0. The highest BCUT2D eigenvalue weighted by atomic mass is 35.5. The lowest BCUT2D eigenvalue weighted by atomic mass is 9.97. The first-order valence-corrected chi connectivity index (χ1v) is 10.4. The van der Waals surface area contributed by atoms with E-state index in [4.69, 9.17) is 0 Å². The molecule has 0 unspecified atom stereocenters. The number of rotatable bonds is 3. The fourth-order valence-corrected chi connectivity index (χ4v) is 4.86. The number of nitrogens with one attached hydrogen (secondary N) is 1. The SMILES string of the molecule is Cc1c2cc[n+](CCN3CCCCC3)cc2c(C)c2c1[nH]c1ccc(O)cc12.[Cl-]. The quantitative estimate of drug-likeness (QED) is 0.504. The number of benzene rings is 2. The van der Waals surface area contributed by atoms with Crippen LogP contribution in [0, 0.1) is 13.8 Å². The van der Waals surface area contributed by atoms with Crippen LogP contribution < -0.4 is 17.0 Å². The monoisotopic (exact) mass is 409 g/mol. The Balaban J connectivity index is 0.00000205. The van der Waals surface area contributed by atoms with E-state index in [0.717, 1.165) is 24.0 Å². The molecule has 2 aromatic heterocycles. The van der Waals surface area contributed by atoms with Crippen LogP contribution in [0.25, 0.3) is 32.6 Å². The second-order valence-corrected chi connectivity index (χ2v) is 8.27. The fourth-order valence-electron chi connectivity index (χ4n) is 4.86. The molecule has 152 valence electrons. The molecule has 2 aromatic carbocycles. The summed E-state index contributed by atoms with van der Waals surface area (Å²) in [4.78, 5) is 6.15. The highest BCUT2D eigenvalue weighted by Crippen LogP contribution is 2.37. The van der Waals surface area contributed by atoms with Gasteiger partial charge in [-0.15, -0.1) is 0 Å². The van der Waals surface area contributed by atoms with Crippen molar-refractivity contribution in [2.24, 2.45) is 0 Å². The van der Waals surface area contributed by atoms with Crippen molar-refractivity contribution in [3.05, 3.63) is 47.8 Å². The van der Waals surface area contributed by atoms with E-state index < -0.39 is 0 Å². The average molecular weight is 410 g/mol. The number of aromatic hydroxyl groups is 1. The largest absolute Gasteiger partial charge is 1.00 e. The summed E-state index contributed by atoms with van der Waals surface area (Å²) < 4.78 is 2.33. The Morgan fingerprint density at radius 2 is 1.79 bits per heavy atom. The maximum atomic E-state index is 10.00. The average Bonchev–Trinajstić information content (AvgIpc) is 3.10. The number of piperidine rings is 1. The molecule has 0 amide bonds. The number of hydrogen-bond donors (Lipinski definition) is 2. The Labute approximate surface area is 177 Å². The van der Waals surface area contributed by atoms with E-state index in [0.29, 0.717) is 5.75 Å². The molecule has 1 saturated heterocycles. The zero-order valence-corrected chi connectivity index (χ0v) is 17.9. The van der Waals surface area contributed by atoms with Gasteiger partial charge in [0.25, 0.3) is 0 Å². The smallest absolute Gasteiger partial charge is 0.176 e. The van der Waals surface area contributed by atoms with Crippen molar-refractivity contribution in [3.8, 4) is 5.75 Å². The lowest BCUT2D eigenvalue weighted by Gasteiger charge is -2.24. The zero-order valence-electron chi connectivity index (χ0n) is 17.1. The first-order valence-electron chi connectivity index (χ1n) is 10.4. The molecule has 1 aliphatic heterocycles. The van der Waals surface area contributed by atoms with Gasteiger partial charge in [-0.05, 0) is 74.5 Å². The highest BCUT2D eigenvalue weighted by Gasteiger charge is 2.17. The molecule has 29 heavy (non-hydrogen) atoms. The van der Waals surface area contributed by atoms with Gasteiger partial charge < -0.3 is 22.5 Å². The molecule has 1 fully saturated rings. The van der Waals surface area contributed by atoms with E-state index in [1.807, 2.05) is 12.1 Å². The number of phenolic OH excluding ortho intramolecular Hbond substituents is 1. The van der Waals surface area contributed by atoms with Crippen LogP contribution in [0.3, 0.4) is 0 Å². The molecule has 5 heteroatoms. The summed E-state index contributed by atoms with van der Waals surface area (Å²) in [6.45, 7) is 9.03. The molecule has 4 aromatic rings. The van der Waals surface area contributed by atoms with Crippen LogP contribution in [0.1, 0.15) is 30.4 Å². The van der Waals surface area contributed by atoms with Crippen molar-refractivity contribution in [2.45, 2.75) is 39.7 Å². The van der Waals surface area contributed by atoms with Gasteiger partial charge in [-0.2, -0.15) is 0 Å². The van der Waals surface area contributed by atoms with Crippen LogP contribution >= 0.6 is 0 Å². The molecule has 2 N–H and O–H groups in total. The first kappa shape index (κ1) is 20.0. The zero-order chi connectivity index (χ0) is 19.3. The number of aromatic nitrogens is 2. The van der Waals surface area contributed by atoms with Gasteiger partial charge in [0.2, 0.25) is 0 Å². The number of fused-ring (bicyclic) bond motifs is 4. The summed E-state index contributed by atoms with van der Waals surface area (Å²) >= 11 is 0. The number of hydrogen-bond acceptors (Lipinski definition) is 2. The summed E-state index contributed by atoms with van der Waals surface area (Å²) in [6, 6.07) is 7.85. The highest BCUT2D eigenvalue weighted by molar-refractivity contribution is 6.16. The van der Waals surface area contributed by atoms with Gasteiger partial charge >= 0.3 is 0 Å². The number of aryl methyl sites for hydroxylation is 2. The lowest BCUT2D eigenvalue weighted by Crippen LogP contribution is -3.00. The minimum atomic E-state index is 0. The molecular formula is C24H28ClN3O. The predicted molar refractivity (Wildman–Crippen MR) is 115 cm³/mol. The van der Waals surface area contributed by atoms with Crippen LogP contribution in [0.15, 0.2) is 36.7 Å². The Hall–Kier alpha value is -2.30. The van der Waals surface area contributed by atoms with E-state index in [1.165, 1.54) is 65.2 Å². The number of phenols is 1. The molecule has 0 saturated carbocycles. The number of halogens is 1. The Bertz CT molecular complexity index is 1190. The maximum absolute atomic E-state index is 10.00. The fraction of sp³-hybridized carbons (Fsp3) is 0.375. The Kier molecular flexibility index (Phi) is 5.41. The Morgan fingerprint density at radius 1 is 1.00 bits per heavy atom. The molecule has 0 spiro atoms. The van der Waals surface area contributed by atoms with E-state index in [9.17, 15) is 5.11 Å². The molecule has 0 radical (unpaired) electrons. The van der Waals surface area contributed by atoms with E-state index >= 15 is 0 Å². The standard InChI is InChI=1S/C24H27N3O.ClH/c1-16-21-15-27(13-12-26-9-4-3-5-10-26)11-8-19(21)17(2)24-23(16)20-14-18(28)6-7-22(20)25-24;/h6-8,11,14-15,28H,3-5,9-10,12-13H2,1-2H3;1H. The third-order valence-corrected chi connectivity index (χ3v) is 6.48. The van der Waals surface area contributed by atoms with Gasteiger partial charge in [-0.3, -0.25) is 4.90 Å². The molecule has 3 heterocycles. The minimum Gasteiger partial charge on any atom is -1.00 e. The molecule has 0 atom stereocenters. The van der Waals surface area contributed by atoms with Gasteiger partial charge in [0, 0.05) is 27.7 Å². The number of likely N-dealkylation sites (tertiary alicyclic amines) is 1. The number of aromatic amines is 1. The number of H-pyrrole nitrogens is 1. The van der Waals surface area contributed by atoms with Crippen molar-refractivity contribution < 1.29 is 22.1 Å². The molecule has 1 aliphatic rings. The number of nitrogens with zero attached hydrogens (tertiary/aromatic N) is 2. The summed E-state index contributed by atoms with van der Waals surface area (Å²) in [6.07, 6.45) is 8.59. The van der Waals surface area contributed by atoms with Gasteiger partial charge in [0.15, 0.2) is 18.9 Å². The van der Waals surface area contributed by atoms with Gasteiger partial charge in [0.1, 0.15) is 5.75 Å². The number of pyridine rings is 1. The third-order valence-electron chi connectivity index (χ3n) is 6.48. The van der Waals surface area contributed by atoms with Crippen LogP contribution in [-0.4, -0.2) is 34.6 Å². The first-order chi connectivity index (χ1) is 13.6. The maximum Gasteiger partial charge on any atom is 0.176 e. The minimum absolute atomic E-state index is 0. The van der Waals surface area contributed by atoms with Crippen LogP contribution in [0.4, 0.5) is 0 Å². The van der Waals surface area contributed by atoms with Crippen LogP contribution in [0.5, 0.6) is 5.75 Å². The van der Waals surface area contributed by atoms with Crippen molar-refractivity contribution in [1.82, 2.24) is 9.88 Å². The molecule has 5 rings (SSSR count).